The molecule has 2 nitrogen and oxygen atoms in total. The maximum absolute atomic E-state index is 6.89. The standard InChI is InChI=1S/C52H54B21NO/c53-29-22(30(54)31(55)24-23(29)32(56)42(66)43(67)33(24)57)16-11-19(52-20(12-16)18-3-1-2-4-21(18)75-52)15-6-5-14-10-17(8-7-13(14)9-15)74(50-40(64)27-25(38(62)48(50)72)34(58)44(68)46(70)36(27)60)51-41(65)28-26(39(63)49(51)73)35(59)45(69)47(71)37(28)61/h1-12H,53-73H2. The van der Waals surface area contributed by atoms with E-state index < -0.39 is 0 Å². The molecule has 10 aromatic carbocycles. The number of rotatable bonds is 5. The number of fused-ring (bicyclic) bond motifs is 7. The van der Waals surface area contributed by atoms with E-state index in [1.807, 2.05) is 0 Å². The highest BCUT2D eigenvalue weighted by Gasteiger charge is 2.28. The van der Waals surface area contributed by atoms with Crippen LogP contribution < -0.4 is 120 Å². The van der Waals surface area contributed by atoms with Gasteiger partial charge in [0.15, 0.2) is 0 Å². The number of hydrogen-bond donors (Lipinski definition) is 0. The number of furan rings is 1. The van der Waals surface area contributed by atoms with E-state index in [2.05, 4.69) is 242 Å². The summed E-state index contributed by atoms with van der Waals surface area (Å²) in [7, 11) is 48.9. The van der Waals surface area contributed by atoms with Crippen molar-refractivity contribution in [1.82, 2.24) is 0 Å². The maximum Gasteiger partial charge on any atom is 0.143 e. The van der Waals surface area contributed by atoms with E-state index in [-0.39, 0.29) is 0 Å². The molecule has 11 aromatic rings. The Morgan fingerprint density at radius 2 is 0.693 bits per heavy atom. The van der Waals surface area contributed by atoms with E-state index >= 15 is 0 Å². The molecular weight excluding hydrogens is 882 g/mol. The fourth-order valence-electron chi connectivity index (χ4n) is 14.3. The number of anilines is 3. The minimum absolute atomic E-state index is 0.910. The summed E-state index contributed by atoms with van der Waals surface area (Å²) in [6, 6.07) is 27.6. The van der Waals surface area contributed by atoms with Crippen molar-refractivity contribution in [2.45, 2.75) is 0 Å². The Morgan fingerprint density at radius 3 is 1.19 bits per heavy atom. The molecule has 1 aromatic heterocycles. The van der Waals surface area contributed by atoms with Gasteiger partial charge in [-0.25, -0.2) is 0 Å². The Hall–Kier alpha value is -5.80. The molecule has 23 heteroatoms. The highest BCUT2D eigenvalue weighted by molar-refractivity contribution is 6.76. The van der Waals surface area contributed by atoms with E-state index in [9.17, 15) is 0 Å². The summed E-state index contributed by atoms with van der Waals surface area (Å²) in [6.45, 7) is 0. The van der Waals surface area contributed by atoms with E-state index in [4.69, 9.17) is 4.42 Å². The minimum atomic E-state index is 0.910. The van der Waals surface area contributed by atoms with Crippen LogP contribution in [0.2, 0.25) is 0 Å². The van der Waals surface area contributed by atoms with Gasteiger partial charge in [0, 0.05) is 33.4 Å². The van der Waals surface area contributed by atoms with Gasteiger partial charge in [-0.05, 0) is 96.2 Å². The number of benzene rings is 10. The van der Waals surface area contributed by atoms with Crippen LogP contribution in [0.4, 0.5) is 17.1 Å². The second kappa shape index (κ2) is 18.2. The molecule has 1 heterocycles. The van der Waals surface area contributed by atoms with E-state index in [0.717, 1.165) is 38.8 Å². The smallest absolute Gasteiger partial charge is 0.143 e. The van der Waals surface area contributed by atoms with Gasteiger partial charge >= 0.3 is 0 Å². The molecule has 0 unspecified atom stereocenters. The number of nitrogens with zero attached hydrogens (tertiary/aromatic N) is 1. The average Bonchev–Trinajstić information content (AvgIpc) is 3.78. The van der Waals surface area contributed by atoms with Gasteiger partial charge in [0.2, 0.25) is 0 Å². The lowest BCUT2D eigenvalue weighted by molar-refractivity contribution is 0.670. The Kier molecular flexibility index (Phi) is 12.4. The van der Waals surface area contributed by atoms with Crippen molar-refractivity contribution in [2.75, 3.05) is 4.90 Å². The molecule has 0 saturated heterocycles. The first-order valence-electron chi connectivity index (χ1n) is 27.3. The van der Waals surface area contributed by atoms with E-state index in [1.165, 1.54) is 180 Å². The van der Waals surface area contributed by atoms with Crippen LogP contribution in [0.15, 0.2) is 77.2 Å². The molecule has 0 spiro atoms. The van der Waals surface area contributed by atoms with Crippen LogP contribution in [-0.2, 0) is 0 Å². The van der Waals surface area contributed by atoms with Crippen molar-refractivity contribution in [3.05, 3.63) is 72.8 Å². The molecule has 75 heavy (non-hydrogen) atoms. The van der Waals surface area contributed by atoms with Gasteiger partial charge in [0.25, 0.3) is 0 Å². The highest BCUT2D eigenvalue weighted by atomic mass is 16.3. The fourth-order valence-corrected chi connectivity index (χ4v) is 14.3. The Labute approximate surface area is 462 Å². The average molecular weight is 936 g/mol. The predicted octanol–water partition coefficient (Wildman–Crippen LogP) is -21.6. The Balaban J connectivity index is 1.17. The molecule has 0 N–H and O–H groups in total. The summed E-state index contributed by atoms with van der Waals surface area (Å²) in [4.78, 5) is 2.65. The van der Waals surface area contributed by atoms with Gasteiger partial charge in [0.1, 0.15) is 176 Å². The number of hydrogen-bond acceptors (Lipinski definition) is 2. The Bertz CT molecular complexity index is 4330. The molecule has 0 aliphatic carbocycles. The SMILES string of the molecule is Bc1c(B)c(B)c2c(B)c(-c3cc(-c4ccc5cc(N(c6c(B)c(B)c7c(B)c(B)c(B)c(B)c7c6B)c6c(B)c(B)c7c(B)c(B)c(B)c(B)c7c6B)ccc5c4)c4oc5ccccc5c4c3)c(B)c(B)c2c1B. The second-order valence-electron chi connectivity index (χ2n) is 23.0. The van der Waals surface area contributed by atoms with Crippen molar-refractivity contribution in [2.24, 2.45) is 0 Å². The second-order valence-corrected chi connectivity index (χ2v) is 23.0. The number of para-hydroxylation sites is 1. The molecule has 336 valence electrons. The van der Waals surface area contributed by atoms with Gasteiger partial charge in [-0.1, -0.05) is 118 Å². The van der Waals surface area contributed by atoms with Crippen molar-refractivity contribution in [1.29, 1.82) is 0 Å². The molecule has 0 fully saturated rings. The summed E-state index contributed by atoms with van der Waals surface area (Å²) in [5.41, 5.74) is 39.1. The van der Waals surface area contributed by atoms with Gasteiger partial charge in [0.05, 0.1) is 0 Å². The molecular formula is C52H54B21NO. The van der Waals surface area contributed by atoms with E-state index in [0.29, 0.717) is 0 Å². The molecule has 11 rings (SSSR count). The molecule has 0 saturated carbocycles. The molecule has 0 aliphatic heterocycles. The van der Waals surface area contributed by atoms with Crippen molar-refractivity contribution in [3.8, 4) is 22.3 Å². The van der Waals surface area contributed by atoms with Crippen molar-refractivity contribution < 1.29 is 4.42 Å². The molecule has 0 radical (unpaired) electrons. The topological polar surface area (TPSA) is 16.4 Å². The zero-order valence-corrected chi connectivity index (χ0v) is 48.8. The highest BCUT2D eigenvalue weighted by Crippen LogP contribution is 2.41. The third-order valence-electron chi connectivity index (χ3n) is 19.8. The fraction of sp³-hybridized carbons (Fsp3) is 0. The van der Waals surface area contributed by atoms with E-state index in [1.54, 1.807) is 0 Å². The van der Waals surface area contributed by atoms with Crippen molar-refractivity contribution in [3.63, 3.8) is 0 Å². The molecule has 0 bridgehead atoms. The third-order valence-corrected chi connectivity index (χ3v) is 19.8. The third kappa shape index (κ3) is 7.24. The first-order valence-corrected chi connectivity index (χ1v) is 27.3. The van der Waals surface area contributed by atoms with Crippen molar-refractivity contribution >= 4 is 362 Å². The van der Waals surface area contributed by atoms with Gasteiger partial charge in [-0.2, -0.15) is 0 Å². The largest absolute Gasteiger partial charge is 0.455 e. The van der Waals surface area contributed by atoms with Gasteiger partial charge in [-0.3, -0.25) is 0 Å². The normalized spacial score (nSPS) is 11.8. The lowest BCUT2D eigenvalue weighted by Gasteiger charge is -2.36. The first-order chi connectivity index (χ1) is 35.5. The Morgan fingerprint density at radius 1 is 0.293 bits per heavy atom. The molecule has 0 amide bonds. The van der Waals surface area contributed by atoms with Gasteiger partial charge < -0.3 is 9.32 Å². The zero-order chi connectivity index (χ0) is 53.9. The quantitative estimate of drug-likeness (QED) is 0.160. The summed E-state index contributed by atoms with van der Waals surface area (Å²) < 4.78 is 6.89. The van der Waals surface area contributed by atoms with Crippen LogP contribution in [0.5, 0.6) is 0 Å². The lowest BCUT2D eigenvalue weighted by Crippen LogP contribution is -2.54. The van der Waals surface area contributed by atoms with Crippen LogP contribution in [0.1, 0.15) is 0 Å². The molecule has 0 aliphatic rings. The zero-order valence-electron chi connectivity index (χ0n) is 48.8. The summed E-state index contributed by atoms with van der Waals surface area (Å²) in [5.74, 6) is 0. The van der Waals surface area contributed by atoms with Crippen LogP contribution in [-0.4, -0.2) is 165 Å². The van der Waals surface area contributed by atoms with Crippen LogP contribution in [0, 0.1) is 0 Å². The lowest BCUT2D eigenvalue weighted by atomic mass is 9.58. The minimum Gasteiger partial charge on any atom is -0.455 e. The molecule has 0 atom stereocenters. The summed E-state index contributed by atoms with van der Waals surface area (Å²) >= 11 is 0. The first kappa shape index (κ1) is 51.3. The summed E-state index contributed by atoms with van der Waals surface area (Å²) in [6.07, 6.45) is 0. The monoisotopic (exact) mass is 940 g/mol. The van der Waals surface area contributed by atoms with Crippen LogP contribution >= 0.6 is 0 Å². The van der Waals surface area contributed by atoms with Crippen LogP contribution in [0.25, 0.3) is 87.3 Å². The summed E-state index contributed by atoms with van der Waals surface area (Å²) in [5, 5.41) is 13.1. The van der Waals surface area contributed by atoms with Crippen LogP contribution in [0.3, 0.4) is 0 Å². The predicted molar refractivity (Wildman–Crippen MR) is 401 cm³/mol. The maximum atomic E-state index is 6.89. The van der Waals surface area contributed by atoms with Gasteiger partial charge in [-0.15, -0.1) is 32.8 Å².